The number of ether oxygens (including phenoxy) is 1. The summed E-state index contributed by atoms with van der Waals surface area (Å²) in [6.07, 6.45) is 0. The van der Waals surface area contributed by atoms with E-state index in [0.29, 0.717) is 11.3 Å². The van der Waals surface area contributed by atoms with Crippen LogP contribution in [0.2, 0.25) is 0 Å². The zero-order chi connectivity index (χ0) is 20.8. The molecule has 0 heterocycles. The van der Waals surface area contributed by atoms with Gasteiger partial charge in [0.2, 0.25) is 0 Å². The fourth-order valence-electron chi connectivity index (χ4n) is 2.71. The third-order valence-electron chi connectivity index (χ3n) is 4.20. The second-order valence-electron chi connectivity index (χ2n) is 6.33. The van der Waals surface area contributed by atoms with Gasteiger partial charge in [0.05, 0.1) is 16.6 Å². The van der Waals surface area contributed by atoms with Gasteiger partial charge in [0.15, 0.2) is 6.61 Å². The van der Waals surface area contributed by atoms with Gasteiger partial charge in [0.1, 0.15) is 11.4 Å². The zero-order valence-electron chi connectivity index (χ0n) is 15.6. The molecule has 0 unspecified atom stereocenters. The number of nitro groups is 1. The molecular weight excluding hydrogens is 370 g/mol. The molecular formula is C22H17N3O4. The van der Waals surface area contributed by atoms with Crippen LogP contribution in [0, 0.1) is 28.4 Å². The van der Waals surface area contributed by atoms with Crippen molar-refractivity contribution < 1.29 is 14.5 Å². The molecule has 1 N–H and O–H groups in total. The van der Waals surface area contributed by atoms with E-state index in [1.807, 2.05) is 24.3 Å². The lowest BCUT2D eigenvalue weighted by Gasteiger charge is -2.09. The Bertz CT molecular complexity index is 1080. The highest BCUT2D eigenvalue weighted by molar-refractivity contribution is 5.94. The van der Waals surface area contributed by atoms with Gasteiger partial charge in [-0.2, -0.15) is 5.26 Å². The monoisotopic (exact) mass is 387 g/mol. The van der Waals surface area contributed by atoms with E-state index in [0.717, 1.165) is 16.7 Å². The molecule has 29 heavy (non-hydrogen) atoms. The van der Waals surface area contributed by atoms with Crippen molar-refractivity contribution in [1.29, 1.82) is 5.26 Å². The number of nitro benzene ring substituents is 1. The predicted octanol–water partition coefficient (Wildman–Crippen LogP) is 4.46. The number of nitriles is 1. The number of carbonyl (C=O) groups excluding carboxylic acids is 1. The summed E-state index contributed by atoms with van der Waals surface area (Å²) < 4.78 is 5.47. The first-order chi connectivity index (χ1) is 14.0. The van der Waals surface area contributed by atoms with E-state index in [2.05, 4.69) is 11.4 Å². The maximum atomic E-state index is 12.1. The number of amides is 1. The van der Waals surface area contributed by atoms with Crippen LogP contribution >= 0.6 is 0 Å². The number of benzene rings is 3. The molecule has 0 aliphatic rings. The van der Waals surface area contributed by atoms with Gasteiger partial charge in [-0.3, -0.25) is 14.9 Å². The van der Waals surface area contributed by atoms with E-state index in [1.165, 1.54) is 12.1 Å². The molecule has 3 aromatic carbocycles. The number of anilines is 1. The lowest BCUT2D eigenvalue weighted by molar-refractivity contribution is -0.384. The molecule has 0 aromatic heterocycles. The van der Waals surface area contributed by atoms with Gasteiger partial charge in [-0.05, 0) is 53.9 Å². The van der Waals surface area contributed by atoms with E-state index in [-0.39, 0.29) is 18.0 Å². The Morgan fingerprint density at radius 2 is 1.69 bits per heavy atom. The first-order valence-corrected chi connectivity index (χ1v) is 8.74. The Morgan fingerprint density at radius 3 is 2.28 bits per heavy atom. The molecule has 144 valence electrons. The predicted molar refractivity (Wildman–Crippen MR) is 109 cm³/mol. The van der Waals surface area contributed by atoms with Crippen molar-refractivity contribution in [2.45, 2.75) is 6.92 Å². The van der Waals surface area contributed by atoms with Gasteiger partial charge < -0.3 is 10.1 Å². The molecule has 0 bridgehead atoms. The lowest BCUT2D eigenvalue weighted by Crippen LogP contribution is -2.20. The van der Waals surface area contributed by atoms with Crippen LogP contribution in [0.25, 0.3) is 11.1 Å². The summed E-state index contributed by atoms with van der Waals surface area (Å²) in [6, 6.07) is 21.0. The van der Waals surface area contributed by atoms with Crippen LogP contribution in [0.3, 0.4) is 0 Å². The Morgan fingerprint density at radius 1 is 1.07 bits per heavy atom. The average molecular weight is 387 g/mol. The summed E-state index contributed by atoms with van der Waals surface area (Å²) in [7, 11) is 0. The average Bonchev–Trinajstić information content (AvgIpc) is 2.74. The fourth-order valence-corrected chi connectivity index (χ4v) is 2.71. The summed E-state index contributed by atoms with van der Waals surface area (Å²) in [5.41, 5.74) is 3.19. The van der Waals surface area contributed by atoms with Gasteiger partial charge in [0.25, 0.3) is 11.6 Å². The number of hydrogen-bond acceptors (Lipinski definition) is 5. The van der Waals surface area contributed by atoms with Crippen LogP contribution in [0.5, 0.6) is 5.75 Å². The summed E-state index contributed by atoms with van der Waals surface area (Å²) in [5.74, 6) is 0.00377. The fraction of sp³-hybridized carbons (Fsp3) is 0.0909. The molecule has 0 aliphatic carbocycles. The number of hydrogen-bond donors (Lipinski definition) is 1. The number of carbonyl (C=O) groups is 1. The van der Waals surface area contributed by atoms with Crippen molar-refractivity contribution >= 4 is 17.3 Å². The molecule has 0 aliphatic heterocycles. The minimum atomic E-state index is -0.536. The first-order valence-electron chi connectivity index (χ1n) is 8.74. The van der Waals surface area contributed by atoms with Gasteiger partial charge in [-0.1, -0.05) is 30.3 Å². The lowest BCUT2D eigenvalue weighted by atomic mass is 10.0. The van der Waals surface area contributed by atoms with Crippen LogP contribution in [-0.4, -0.2) is 17.4 Å². The van der Waals surface area contributed by atoms with E-state index in [9.17, 15) is 14.9 Å². The zero-order valence-corrected chi connectivity index (χ0v) is 15.6. The number of rotatable bonds is 6. The standard InChI is InChI=1S/C22H17N3O4/c1-15-2-11-20(21(12-15)25(27)28)24-22(26)14-29-19-9-7-18(8-10-19)17-5-3-16(13-23)4-6-17/h2-12H,14H2,1H3,(H,24,26). The molecule has 7 nitrogen and oxygen atoms in total. The maximum Gasteiger partial charge on any atom is 0.293 e. The van der Waals surface area contributed by atoms with E-state index in [4.69, 9.17) is 10.00 Å². The van der Waals surface area contributed by atoms with Gasteiger partial charge in [-0.15, -0.1) is 0 Å². The molecule has 0 spiro atoms. The topological polar surface area (TPSA) is 105 Å². The third-order valence-corrected chi connectivity index (χ3v) is 4.20. The SMILES string of the molecule is Cc1ccc(NC(=O)COc2ccc(-c3ccc(C#N)cc3)cc2)c([N+](=O)[O-])c1. The third kappa shape index (κ3) is 4.96. The smallest absolute Gasteiger partial charge is 0.293 e. The summed E-state index contributed by atoms with van der Waals surface area (Å²) in [5, 5.41) is 22.5. The molecule has 0 radical (unpaired) electrons. The highest BCUT2D eigenvalue weighted by Crippen LogP contribution is 2.26. The second-order valence-corrected chi connectivity index (χ2v) is 6.33. The van der Waals surface area contributed by atoms with E-state index < -0.39 is 10.8 Å². The number of nitrogens with one attached hydrogen (secondary N) is 1. The summed E-state index contributed by atoms with van der Waals surface area (Å²) in [6.45, 7) is 1.46. The second kappa shape index (κ2) is 8.67. The van der Waals surface area contributed by atoms with E-state index in [1.54, 1.807) is 37.3 Å². The van der Waals surface area contributed by atoms with Crippen molar-refractivity contribution in [3.8, 4) is 22.9 Å². The van der Waals surface area contributed by atoms with Crippen LogP contribution in [0.1, 0.15) is 11.1 Å². The summed E-state index contributed by atoms with van der Waals surface area (Å²) in [4.78, 5) is 22.7. The molecule has 0 fully saturated rings. The quantitative estimate of drug-likeness (QED) is 0.496. The normalized spacial score (nSPS) is 10.1. The Labute approximate surface area is 167 Å². The molecule has 3 rings (SSSR count). The summed E-state index contributed by atoms with van der Waals surface area (Å²) >= 11 is 0. The van der Waals surface area contributed by atoms with Crippen LogP contribution in [0.4, 0.5) is 11.4 Å². The van der Waals surface area contributed by atoms with Crippen LogP contribution in [0.15, 0.2) is 66.7 Å². The van der Waals surface area contributed by atoms with Crippen LogP contribution < -0.4 is 10.1 Å². The van der Waals surface area contributed by atoms with Crippen molar-refractivity contribution in [2.24, 2.45) is 0 Å². The van der Waals surface area contributed by atoms with Gasteiger partial charge >= 0.3 is 0 Å². The minimum Gasteiger partial charge on any atom is -0.484 e. The molecule has 0 atom stereocenters. The molecule has 0 saturated heterocycles. The largest absolute Gasteiger partial charge is 0.484 e. The highest BCUT2D eigenvalue weighted by Gasteiger charge is 2.16. The Hall–Kier alpha value is -4.18. The van der Waals surface area contributed by atoms with Crippen molar-refractivity contribution in [1.82, 2.24) is 0 Å². The Kier molecular flexibility index (Phi) is 5.85. The highest BCUT2D eigenvalue weighted by atomic mass is 16.6. The molecule has 0 saturated carbocycles. The number of nitrogens with zero attached hydrogens (tertiary/aromatic N) is 2. The minimum absolute atomic E-state index is 0.130. The molecule has 1 amide bonds. The van der Waals surface area contributed by atoms with Gasteiger partial charge in [-0.25, -0.2) is 0 Å². The van der Waals surface area contributed by atoms with Crippen LogP contribution in [-0.2, 0) is 4.79 Å². The molecule has 7 heteroatoms. The van der Waals surface area contributed by atoms with E-state index >= 15 is 0 Å². The number of aryl methyl sites for hydroxylation is 1. The Balaban J connectivity index is 1.61. The van der Waals surface area contributed by atoms with Crippen molar-refractivity contribution in [2.75, 3.05) is 11.9 Å². The first kappa shape index (κ1) is 19.6. The molecule has 3 aromatic rings. The maximum absolute atomic E-state index is 12.1. The van der Waals surface area contributed by atoms with Gasteiger partial charge in [0, 0.05) is 6.07 Å². The van der Waals surface area contributed by atoms with Crippen molar-refractivity contribution in [3.63, 3.8) is 0 Å². The van der Waals surface area contributed by atoms with Crippen molar-refractivity contribution in [3.05, 3.63) is 88.0 Å².